The fourth-order valence-corrected chi connectivity index (χ4v) is 3.60. The Balaban J connectivity index is 2.22. The van der Waals surface area contributed by atoms with Crippen molar-refractivity contribution < 1.29 is 4.79 Å². The fraction of sp³-hybridized carbons (Fsp3) is 0.500. The molecule has 0 spiro atoms. The summed E-state index contributed by atoms with van der Waals surface area (Å²) in [4.78, 5) is 11.8. The van der Waals surface area contributed by atoms with Crippen LogP contribution in [0.4, 0.5) is 0 Å². The molecule has 1 aromatic rings. The van der Waals surface area contributed by atoms with E-state index in [1.54, 1.807) is 0 Å². The third-order valence-corrected chi connectivity index (χ3v) is 5.05. The van der Waals surface area contributed by atoms with Gasteiger partial charge in [-0.25, -0.2) is 0 Å². The van der Waals surface area contributed by atoms with Crippen molar-refractivity contribution in [2.75, 3.05) is 12.4 Å². The van der Waals surface area contributed by atoms with Gasteiger partial charge in [0.1, 0.15) is 0 Å². The smallest absolute Gasteiger partial charge is 0.246 e. The molecule has 1 atom stereocenters. The third kappa shape index (κ3) is 3.97. The van der Waals surface area contributed by atoms with Gasteiger partial charge in [-0.15, -0.1) is 23.2 Å². The van der Waals surface area contributed by atoms with Crippen LogP contribution in [0.3, 0.4) is 0 Å². The molecule has 1 saturated carbocycles. The molecule has 0 aliphatic heterocycles. The van der Waals surface area contributed by atoms with Gasteiger partial charge in [0.05, 0.1) is 12.4 Å². The summed E-state index contributed by atoms with van der Waals surface area (Å²) in [5.74, 6) is 5.82. The van der Waals surface area contributed by atoms with Crippen LogP contribution in [-0.4, -0.2) is 18.3 Å². The molecule has 0 aromatic heterocycles. The van der Waals surface area contributed by atoms with Gasteiger partial charge in [-0.2, -0.15) is 0 Å². The Morgan fingerprint density at radius 2 is 1.86 bits per heavy atom. The summed E-state index contributed by atoms with van der Waals surface area (Å²) in [5, 5.41) is 2.85. The number of carbonyl (C=O) groups is 1. The van der Waals surface area contributed by atoms with Crippen molar-refractivity contribution in [1.82, 2.24) is 5.32 Å². The number of hydrogen-bond donors (Lipinski definition) is 1. The molecule has 0 heterocycles. The minimum atomic E-state index is -1.01. The second-order valence-corrected chi connectivity index (χ2v) is 6.45. The molecule has 0 bridgehead atoms. The molecule has 1 N–H and O–H groups in total. The first kappa shape index (κ1) is 17.2. The molecule has 1 amide bonds. The highest BCUT2D eigenvalue weighted by molar-refractivity contribution is 6.35. The quantitative estimate of drug-likeness (QED) is 0.651. The van der Waals surface area contributed by atoms with E-state index in [0.717, 1.165) is 31.2 Å². The number of halogens is 2. The van der Waals surface area contributed by atoms with Crippen LogP contribution in [0, 0.1) is 17.8 Å². The largest absolute Gasteiger partial charge is 0.343 e. The molecule has 1 fully saturated rings. The summed E-state index contributed by atoms with van der Waals surface area (Å²) in [6, 6.07) is 9.66. The highest BCUT2D eigenvalue weighted by atomic mass is 35.5. The summed E-state index contributed by atoms with van der Waals surface area (Å²) in [5.41, 5.74) is 0.867. The molecular formula is C18H21Cl2NO. The van der Waals surface area contributed by atoms with Crippen LogP contribution in [0.25, 0.3) is 0 Å². The molecule has 1 aliphatic rings. The Labute approximate surface area is 142 Å². The van der Waals surface area contributed by atoms with Crippen molar-refractivity contribution in [3.8, 4) is 11.8 Å². The van der Waals surface area contributed by atoms with E-state index in [2.05, 4.69) is 17.2 Å². The molecule has 1 aliphatic carbocycles. The van der Waals surface area contributed by atoms with Crippen molar-refractivity contribution in [1.29, 1.82) is 0 Å². The Bertz CT molecular complexity index is 543. The highest BCUT2D eigenvalue weighted by Crippen LogP contribution is 2.44. The molecular weight excluding hydrogens is 317 g/mol. The zero-order chi connectivity index (χ0) is 15.8. The Morgan fingerprint density at radius 3 is 2.50 bits per heavy atom. The monoisotopic (exact) mass is 337 g/mol. The molecule has 4 heteroatoms. The van der Waals surface area contributed by atoms with Crippen LogP contribution in [0.1, 0.15) is 37.7 Å². The lowest BCUT2D eigenvalue weighted by Crippen LogP contribution is -2.46. The zero-order valence-corrected chi connectivity index (χ0v) is 14.1. The third-order valence-electron chi connectivity index (χ3n) is 4.22. The maximum absolute atomic E-state index is 12.8. The van der Waals surface area contributed by atoms with Crippen LogP contribution >= 0.6 is 23.2 Å². The first-order valence-electron chi connectivity index (χ1n) is 7.74. The van der Waals surface area contributed by atoms with Crippen LogP contribution < -0.4 is 5.32 Å². The van der Waals surface area contributed by atoms with E-state index in [0.29, 0.717) is 0 Å². The predicted octanol–water partition coefficient (Wildman–Crippen LogP) is 4.06. The first-order chi connectivity index (χ1) is 10.7. The van der Waals surface area contributed by atoms with Gasteiger partial charge in [-0.1, -0.05) is 61.4 Å². The molecule has 22 heavy (non-hydrogen) atoms. The van der Waals surface area contributed by atoms with Crippen LogP contribution in [0.15, 0.2) is 30.3 Å². The normalized spacial score (nSPS) is 17.9. The number of amides is 1. The van der Waals surface area contributed by atoms with Gasteiger partial charge < -0.3 is 5.32 Å². The van der Waals surface area contributed by atoms with Crippen LogP contribution in [-0.2, 0) is 9.67 Å². The summed E-state index contributed by atoms with van der Waals surface area (Å²) in [6.07, 6.45) is 5.45. The Morgan fingerprint density at radius 1 is 1.18 bits per heavy atom. The lowest BCUT2D eigenvalue weighted by molar-refractivity contribution is -0.125. The zero-order valence-electron chi connectivity index (χ0n) is 12.6. The van der Waals surface area contributed by atoms with Crippen molar-refractivity contribution in [2.45, 2.75) is 37.0 Å². The fourth-order valence-electron chi connectivity index (χ4n) is 3.10. The van der Waals surface area contributed by atoms with E-state index in [4.69, 9.17) is 23.2 Å². The number of alkyl halides is 2. The van der Waals surface area contributed by atoms with E-state index in [-0.39, 0.29) is 24.2 Å². The van der Waals surface area contributed by atoms with Gasteiger partial charge in [-0.3, -0.25) is 4.79 Å². The number of hydrogen-bond acceptors (Lipinski definition) is 1. The summed E-state index contributed by atoms with van der Waals surface area (Å²) < 4.78 is 0. The Hall–Kier alpha value is -1.17. The number of nitrogens with one attached hydrogen (secondary N) is 1. The average Bonchev–Trinajstić information content (AvgIpc) is 2.59. The van der Waals surface area contributed by atoms with Crippen molar-refractivity contribution in [3.63, 3.8) is 0 Å². The van der Waals surface area contributed by atoms with Gasteiger partial charge in [0, 0.05) is 0 Å². The topological polar surface area (TPSA) is 29.1 Å². The second kappa shape index (κ2) is 8.46. The van der Waals surface area contributed by atoms with Gasteiger partial charge in [0.15, 0.2) is 4.87 Å². The summed E-state index contributed by atoms with van der Waals surface area (Å²) in [7, 11) is 0. The van der Waals surface area contributed by atoms with E-state index in [1.807, 2.05) is 30.3 Å². The molecule has 1 unspecified atom stereocenters. The summed E-state index contributed by atoms with van der Waals surface area (Å²) >= 11 is 12.4. The number of carbonyl (C=O) groups excluding carboxylic acids is 1. The number of rotatable bonds is 4. The van der Waals surface area contributed by atoms with E-state index >= 15 is 0 Å². The molecule has 2 rings (SSSR count). The standard InChI is InChI=1S/C18H21Cl2NO/c19-13-7-8-14-21-17(22)18(20,15-9-3-1-4-10-15)16-11-5-2-6-12-16/h1,3-4,9-10,16H,2,5-6,11-14H2,(H,21,22). The summed E-state index contributed by atoms with van der Waals surface area (Å²) in [6.45, 7) is 0.277. The molecule has 0 radical (unpaired) electrons. The molecule has 2 nitrogen and oxygen atoms in total. The maximum atomic E-state index is 12.8. The van der Waals surface area contributed by atoms with E-state index in [9.17, 15) is 4.79 Å². The Kier molecular flexibility index (Phi) is 6.61. The highest BCUT2D eigenvalue weighted by Gasteiger charge is 2.45. The van der Waals surface area contributed by atoms with Crippen molar-refractivity contribution in [3.05, 3.63) is 35.9 Å². The van der Waals surface area contributed by atoms with Crippen LogP contribution in [0.5, 0.6) is 0 Å². The average molecular weight is 338 g/mol. The lowest BCUT2D eigenvalue weighted by atomic mass is 9.75. The van der Waals surface area contributed by atoms with Crippen molar-refractivity contribution in [2.24, 2.45) is 5.92 Å². The molecule has 0 saturated heterocycles. The minimum Gasteiger partial charge on any atom is -0.343 e. The van der Waals surface area contributed by atoms with Crippen molar-refractivity contribution >= 4 is 29.1 Å². The van der Waals surface area contributed by atoms with Gasteiger partial charge >= 0.3 is 0 Å². The van der Waals surface area contributed by atoms with E-state index < -0.39 is 4.87 Å². The van der Waals surface area contributed by atoms with Gasteiger partial charge in [0.2, 0.25) is 5.91 Å². The van der Waals surface area contributed by atoms with Gasteiger partial charge in [-0.05, 0) is 24.3 Å². The van der Waals surface area contributed by atoms with E-state index in [1.165, 1.54) is 6.42 Å². The second-order valence-electron chi connectivity index (χ2n) is 5.58. The SMILES string of the molecule is O=C(NCC#CCCl)C(Cl)(c1ccccc1)C1CCCCC1. The predicted molar refractivity (Wildman–Crippen MR) is 92.1 cm³/mol. The van der Waals surface area contributed by atoms with Gasteiger partial charge in [0.25, 0.3) is 0 Å². The first-order valence-corrected chi connectivity index (χ1v) is 8.65. The number of benzene rings is 1. The maximum Gasteiger partial charge on any atom is 0.246 e. The molecule has 118 valence electrons. The van der Waals surface area contributed by atoms with Crippen LogP contribution in [0.2, 0.25) is 0 Å². The molecule has 1 aromatic carbocycles. The minimum absolute atomic E-state index is 0.156. The lowest BCUT2D eigenvalue weighted by Gasteiger charge is -2.36.